The lowest BCUT2D eigenvalue weighted by molar-refractivity contribution is -0.121. The van der Waals surface area contributed by atoms with Gasteiger partial charge in [0.2, 0.25) is 23.5 Å². The SMILES string of the molecule is Cn1cc(NC(=O)c2c(O)c(NC(=O)c3nc(NC(=O)c4nccn4C)cn3C)cn2C)cc1C(=O)NCCCC(=O)Nc1cn(C)c(C(=O)Nc2cc(C(=O)Nc3cc(C(=O)Nc4cc(C(=O)NCCC(=O)NCCCN)n(C)c4)n(C)c3)n(C)c2)n1. The van der Waals surface area contributed by atoms with Crippen LogP contribution in [-0.4, -0.2) is 142 Å². The fourth-order valence-electron chi connectivity index (χ4n) is 9.13. The van der Waals surface area contributed by atoms with Crippen molar-refractivity contribution in [3.8, 4) is 5.75 Å². The number of carbonyl (C=O) groups excluding carboxylic acids is 10. The summed E-state index contributed by atoms with van der Waals surface area (Å²) in [5.41, 5.74) is 7.00. The summed E-state index contributed by atoms with van der Waals surface area (Å²) < 4.78 is 11.6. The zero-order valence-electron chi connectivity index (χ0n) is 49.2. The lowest BCUT2D eigenvalue weighted by atomic mass is 10.3. The van der Waals surface area contributed by atoms with Gasteiger partial charge < -0.3 is 101 Å². The molecular weight excluding hydrogens is 1140 g/mol. The van der Waals surface area contributed by atoms with Crippen LogP contribution in [0.1, 0.15) is 110 Å². The fourth-order valence-corrected chi connectivity index (χ4v) is 9.13. The van der Waals surface area contributed by atoms with Crippen molar-refractivity contribution in [1.82, 2.24) is 67.4 Å². The normalized spacial score (nSPS) is 11.0. The Morgan fingerprint density at radius 2 is 0.864 bits per heavy atom. The van der Waals surface area contributed by atoms with Gasteiger partial charge in [-0.05, 0) is 43.7 Å². The number of nitrogens with one attached hydrogen (secondary N) is 10. The lowest BCUT2D eigenvalue weighted by Gasteiger charge is -2.06. The summed E-state index contributed by atoms with van der Waals surface area (Å²) in [5.74, 6) is -5.81. The van der Waals surface area contributed by atoms with Crippen LogP contribution in [0.3, 0.4) is 0 Å². The van der Waals surface area contributed by atoms with Gasteiger partial charge in [-0.2, -0.15) is 0 Å². The van der Waals surface area contributed by atoms with E-state index in [-0.39, 0.29) is 113 Å². The van der Waals surface area contributed by atoms with E-state index < -0.39 is 58.9 Å². The summed E-state index contributed by atoms with van der Waals surface area (Å²) in [7, 11) is 12.7. The van der Waals surface area contributed by atoms with Crippen LogP contribution in [0, 0.1) is 0 Å². The van der Waals surface area contributed by atoms with E-state index in [1.165, 1.54) is 112 Å². The van der Waals surface area contributed by atoms with Gasteiger partial charge in [0.05, 0.1) is 22.7 Å². The second-order valence-corrected chi connectivity index (χ2v) is 20.4. The molecule has 33 heteroatoms. The molecule has 0 spiro atoms. The van der Waals surface area contributed by atoms with Gasteiger partial charge in [0, 0.05) is 145 Å². The molecule has 10 amide bonds. The van der Waals surface area contributed by atoms with Crippen molar-refractivity contribution in [3.63, 3.8) is 0 Å². The van der Waals surface area contributed by atoms with Crippen molar-refractivity contribution < 1.29 is 53.1 Å². The minimum atomic E-state index is -0.760. The minimum absolute atomic E-state index is 0.0345. The zero-order valence-corrected chi connectivity index (χ0v) is 49.2. The molecule has 0 aromatic carbocycles. The molecule has 88 heavy (non-hydrogen) atoms. The van der Waals surface area contributed by atoms with Gasteiger partial charge in [-0.25, -0.2) is 15.0 Å². The number of nitrogens with zero attached hydrogens (tertiary/aromatic N) is 11. The Labute approximate surface area is 501 Å². The molecule has 0 unspecified atom stereocenters. The van der Waals surface area contributed by atoms with Crippen LogP contribution in [-0.2, 0) is 66.0 Å². The van der Waals surface area contributed by atoms with Crippen molar-refractivity contribution in [2.45, 2.75) is 25.7 Å². The third kappa shape index (κ3) is 14.9. The van der Waals surface area contributed by atoms with Gasteiger partial charge in [-0.15, -0.1) is 0 Å². The molecule has 8 aromatic rings. The van der Waals surface area contributed by atoms with Crippen LogP contribution < -0.4 is 58.9 Å². The van der Waals surface area contributed by atoms with Crippen molar-refractivity contribution in [2.75, 3.05) is 63.4 Å². The number of amides is 10. The van der Waals surface area contributed by atoms with Crippen molar-refractivity contribution in [3.05, 3.63) is 126 Å². The smallest absolute Gasteiger partial charge is 0.292 e. The molecule has 462 valence electrons. The fraction of sp³-hybridized carbons (Fsp3) is 0.291. The topological polar surface area (TPSA) is 415 Å². The number of hydrogen-bond donors (Lipinski definition) is 12. The van der Waals surface area contributed by atoms with Crippen LogP contribution in [0.4, 0.5) is 40.1 Å². The summed E-state index contributed by atoms with van der Waals surface area (Å²) in [5, 5.41) is 37.8. The highest BCUT2D eigenvalue weighted by molar-refractivity contribution is 6.11. The Balaban J connectivity index is 0.760. The number of imidazole rings is 3. The van der Waals surface area contributed by atoms with Gasteiger partial charge in [0.1, 0.15) is 28.5 Å². The Hall–Kier alpha value is -11.5. The number of anilines is 7. The van der Waals surface area contributed by atoms with E-state index in [4.69, 9.17) is 5.73 Å². The molecule has 0 fully saturated rings. The largest absolute Gasteiger partial charge is 0.504 e. The monoisotopic (exact) mass is 1210 g/mol. The number of rotatable bonds is 25. The molecule has 0 aliphatic rings. The molecule has 33 nitrogen and oxygen atoms in total. The first-order valence-corrected chi connectivity index (χ1v) is 27.2. The standard InChI is InChI=1S/C55H66N22O11/c1-70-18-17-58-45(70)53(86)69-40-29-77(8)47(68-40)55(88)65-34-27-75(6)43(44(34)80)52(85)63-32-20-35(72(3)25-32)48(81)59-14-9-11-42(79)66-39-28-76(7)46(67-39)54(87)64-33-22-38(74(5)26-33)51(84)62-31-21-37(73(4)24-31)50(83)61-30-19-36(71(2)23-30)49(82)60-16-12-41(78)57-15-10-13-56/h17-29,80H,9-16,56H2,1-8H3,(H,57,78)(H,59,81)(H,60,82)(H,61,83)(H,62,84)(H,63,85)(H,64,87)(H,65,88)(H,66,79)(H,69,86). The number of aryl methyl sites for hydroxylation is 8. The summed E-state index contributed by atoms with van der Waals surface area (Å²) >= 11 is 0. The lowest BCUT2D eigenvalue weighted by Crippen LogP contribution is -2.32. The van der Waals surface area contributed by atoms with E-state index in [0.717, 1.165) is 0 Å². The first kappa shape index (κ1) is 62.5. The highest BCUT2D eigenvalue weighted by atomic mass is 16.3. The van der Waals surface area contributed by atoms with Crippen LogP contribution in [0.2, 0.25) is 0 Å². The highest BCUT2D eigenvalue weighted by Crippen LogP contribution is 2.31. The van der Waals surface area contributed by atoms with E-state index in [1.54, 1.807) is 60.9 Å². The predicted octanol–water partition coefficient (Wildman–Crippen LogP) is 1.53. The maximum atomic E-state index is 13.5. The maximum Gasteiger partial charge on any atom is 0.292 e. The molecule has 0 aliphatic heterocycles. The van der Waals surface area contributed by atoms with Crippen LogP contribution in [0.15, 0.2) is 80.0 Å². The number of nitrogens with two attached hydrogens (primary N) is 1. The third-order valence-corrected chi connectivity index (χ3v) is 13.5. The molecule has 0 saturated carbocycles. The van der Waals surface area contributed by atoms with Gasteiger partial charge in [-0.3, -0.25) is 47.9 Å². The summed E-state index contributed by atoms with van der Waals surface area (Å²) in [6.07, 6.45) is 14.3. The van der Waals surface area contributed by atoms with E-state index in [1.807, 2.05) is 0 Å². The third-order valence-electron chi connectivity index (χ3n) is 13.5. The minimum Gasteiger partial charge on any atom is -0.504 e. The van der Waals surface area contributed by atoms with Gasteiger partial charge in [0.25, 0.3) is 47.3 Å². The molecule has 0 aliphatic carbocycles. The first-order chi connectivity index (χ1) is 41.9. The van der Waals surface area contributed by atoms with Crippen molar-refractivity contribution in [1.29, 1.82) is 0 Å². The van der Waals surface area contributed by atoms with Crippen LogP contribution in [0.5, 0.6) is 5.75 Å². The average molecular weight is 1210 g/mol. The Morgan fingerprint density at radius 3 is 1.36 bits per heavy atom. The van der Waals surface area contributed by atoms with E-state index in [2.05, 4.69) is 68.1 Å². The van der Waals surface area contributed by atoms with Crippen LogP contribution >= 0.6 is 0 Å². The summed E-state index contributed by atoms with van der Waals surface area (Å²) in [4.78, 5) is 143. The zero-order chi connectivity index (χ0) is 63.7. The first-order valence-electron chi connectivity index (χ1n) is 27.2. The van der Waals surface area contributed by atoms with Crippen LogP contribution in [0.25, 0.3) is 0 Å². The number of hydrogen-bond acceptors (Lipinski definition) is 15. The van der Waals surface area contributed by atoms with E-state index in [0.29, 0.717) is 30.9 Å². The van der Waals surface area contributed by atoms with E-state index >= 15 is 0 Å². The number of aromatic nitrogens is 11. The molecule has 8 rings (SSSR count). The quantitative estimate of drug-likeness (QED) is 0.0361. The van der Waals surface area contributed by atoms with Crippen molar-refractivity contribution >= 4 is 99.1 Å². The van der Waals surface area contributed by atoms with Gasteiger partial charge in [0.15, 0.2) is 28.9 Å². The molecule has 0 saturated heterocycles. The molecule has 13 N–H and O–H groups in total. The van der Waals surface area contributed by atoms with Gasteiger partial charge in [-0.1, -0.05) is 0 Å². The molecule has 8 heterocycles. The average Bonchev–Trinajstić information content (AvgIpc) is 2.88. The second kappa shape index (κ2) is 27.0. The Bertz CT molecular complexity index is 4030. The molecule has 0 bridgehead atoms. The Kier molecular flexibility index (Phi) is 19.2. The van der Waals surface area contributed by atoms with Gasteiger partial charge >= 0.3 is 0 Å². The predicted molar refractivity (Wildman–Crippen MR) is 320 cm³/mol. The maximum absolute atomic E-state index is 13.5. The Morgan fingerprint density at radius 1 is 0.420 bits per heavy atom. The van der Waals surface area contributed by atoms with Crippen molar-refractivity contribution in [2.24, 2.45) is 62.1 Å². The summed E-state index contributed by atoms with van der Waals surface area (Å²) in [6, 6.07) is 5.83. The summed E-state index contributed by atoms with van der Waals surface area (Å²) in [6.45, 7) is 1.10. The number of aromatic hydroxyl groups is 1. The number of carbonyl (C=O) groups is 10. The molecule has 0 radical (unpaired) electrons. The molecule has 8 aromatic heterocycles. The molecular formula is C55H66N22O11. The highest BCUT2D eigenvalue weighted by Gasteiger charge is 2.26. The van der Waals surface area contributed by atoms with E-state index in [9.17, 15) is 53.1 Å². The second-order valence-electron chi connectivity index (χ2n) is 20.4. The molecule has 0 atom stereocenters.